The molecule has 0 saturated carbocycles. The van der Waals surface area contributed by atoms with E-state index in [-0.39, 0.29) is 23.5 Å². The standard InChI is InChI=1S/C20H16N5O8.ClH/c1-2-21-9-7-13(8-10-21)20(16-5-3-14(22(26)27)11-18(16)24(30)31)17-6-4-15(23(28)29)12-19(17)25(32)33;/h3-12,20H,2H2,1H3;1H/q+1;/p-1. The summed E-state index contributed by atoms with van der Waals surface area (Å²) < 4.78 is 1.80. The number of hydrogen-bond donors (Lipinski definition) is 0. The minimum atomic E-state index is -1.10. The molecule has 14 heteroatoms. The lowest BCUT2D eigenvalue weighted by Crippen LogP contribution is -3.00. The number of nitro groups is 4. The van der Waals surface area contributed by atoms with Crippen LogP contribution in [0.4, 0.5) is 22.7 Å². The van der Waals surface area contributed by atoms with E-state index in [9.17, 15) is 40.5 Å². The zero-order chi connectivity index (χ0) is 24.3. The van der Waals surface area contributed by atoms with Gasteiger partial charge in [-0.05, 0) is 24.6 Å². The van der Waals surface area contributed by atoms with Crippen LogP contribution in [0.5, 0.6) is 0 Å². The van der Waals surface area contributed by atoms with Crippen molar-refractivity contribution in [3.63, 3.8) is 0 Å². The molecule has 0 amide bonds. The first-order valence-electron chi connectivity index (χ1n) is 9.48. The quantitative estimate of drug-likeness (QED) is 0.253. The van der Waals surface area contributed by atoms with Gasteiger partial charge >= 0.3 is 0 Å². The Morgan fingerprint density at radius 2 is 1.12 bits per heavy atom. The number of non-ortho nitro benzene ring substituents is 2. The van der Waals surface area contributed by atoms with E-state index < -0.39 is 48.4 Å². The van der Waals surface area contributed by atoms with Crippen LogP contribution in [0.25, 0.3) is 0 Å². The van der Waals surface area contributed by atoms with Gasteiger partial charge in [-0.15, -0.1) is 0 Å². The van der Waals surface area contributed by atoms with Gasteiger partial charge in [0.25, 0.3) is 22.7 Å². The maximum absolute atomic E-state index is 11.8. The number of hydrogen-bond acceptors (Lipinski definition) is 8. The molecule has 0 aliphatic carbocycles. The Kier molecular flexibility index (Phi) is 7.87. The Hall–Kier alpha value is -4.52. The molecule has 34 heavy (non-hydrogen) atoms. The molecule has 0 N–H and O–H groups in total. The topological polar surface area (TPSA) is 176 Å². The molecule has 1 heterocycles. The molecule has 0 aliphatic rings. The summed E-state index contributed by atoms with van der Waals surface area (Å²) in [6, 6.07) is 9.29. The minimum absolute atomic E-state index is 0. The summed E-state index contributed by atoms with van der Waals surface area (Å²) in [6.07, 6.45) is 3.35. The molecule has 0 bridgehead atoms. The van der Waals surface area contributed by atoms with Crippen molar-refractivity contribution in [2.45, 2.75) is 19.4 Å². The van der Waals surface area contributed by atoms with E-state index in [0.29, 0.717) is 12.1 Å². The van der Waals surface area contributed by atoms with Gasteiger partial charge in [-0.25, -0.2) is 4.57 Å². The highest BCUT2D eigenvalue weighted by atomic mass is 35.5. The van der Waals surface area contributed by atoms with Gasteiger partial charge < -0.3 is 12.4 Å². The van der Waals surface area contributed by atoms with Gasteiger partial charge in [-0.1, -0.05) is 0 Å². The molecule has 2 aromatic carbocycles. The van der Waals surface area contributed by atoms with Gasteiger partial charge in [0.05, 0.1) is 31.8 Å². The number of rotatable bonds is 8. The van der Waals surface area contributed by atoms with Crippen LogP contribution in [0.2, 0.25) is 0 Å². The van der Waals surface area contributed by atoms with Gasteiger partial charge in [0.15, 0.2) is 12.4 Å². The van der Waals surface area contributed by atoms with Crippen molar-refractivity contribution < 1.29 is 36.7 Å². The monoisotopic (exact) mass is 489 g/mol. The third-order valence-electron chi connectivity index (χ3n) is 5.08. The average molecular weight is 490 g/mol. The van der Waals surface area contributed by atoms with E-state index in [4.69, 9.17) is 0 Å². The lowest BCUT2D eigenvalue weighted by molar-refractivity contribution is -0.693. The van der Waals surface area contributed by atoms with Gasteiger partial charge in [0.1, 0.15) is 6.54 Å². The Labute approximate surface area is 197 Å². The van der Waals surface area contributed by atoms with Crippen molar-refractivity contribution in [2.75, 3.05) is 0 Å². The number of aryl methyl sites for hydroxylation is 1. The number of pyridine rings is 1. The van der Waals surface area contributed by atoms with Gasteiger partial charge in [0.2, 0.25) is 0 Å². The fourth-order valence-corrected chi connectivity index (χ4v) is 3.49. The largest absolute Gasteiger partial charge is 1.00 e. The maximum atomic E-state index is 11.8. The van der Waals surface area contributed by atoms with Crippen molar-refractivity contribution >= 4 is 22.7 Å². The van der Waals surface area contributed by atoms with E-state index in [0.717, 1.165) is 24.3 Å². The van der Waals surface area contributed by atoms with E-state index in [1.807, 2.05) is 6.92 Å². The highest BCUT2D eigenvalue weighted by Crippen LogP contribution is 2.42. The van der Waals surface area contributed by atoms with Crippen LogP contribution >= 0.6 is 0 Å². The molecule has 176 valence electrons. The summed E-state index contributed by atoms with van der Waals surface area (Å²) in [5.41, 5.74) is -1.87. The second kappa shape index (κ2) is 10.4. The number of aromatic nitrogens is 1. The molecule has 13 nitrogen and oxygen atoms in total. The normalized spacial score (nSPS) is 10.4. The van der Waals surface area contributed by atoms with Crippen LogP contribution in [0.1, 0.15) is 29.5 Å². The van der Waals surface area contributed by atoms with Gasteiger partial charge in [-0.2, -0.15) is 0 Å². The van der Waals surface area contributed by atoms with Crippen LogP contribution in [-0.4, -0.2) is 19.7 Å². The molecule has 0 aliphatic heterocycles. The predicted octanol–water partition coefficient (Wildman–Crippen LogP) is 0.811. The summed E-state index contributed by atoms with van der Waals surface area (Å²) in [6.45, 7) is 2.51. The summed E-state index contributed by atoms with van der Waals surface area (Å²) >= 11 is 0. The molecule has 0 unspecified atom stereocenters. The first-order valence-corrected chi connectivity index (χ1v) is 9.48. The molecule has 0 radical (unpaired) electrons. The van der Waals surface area contributed by atoms with E-state index in [1.165, 1.54) is 12.1 Å². The zero-order valence-electron chi connectivity index (χ0n) is 17.4. The van der Waals surface area contributed by atoms with Crippen LogP contribution in [0.15, 0.2) is 60.9 Å². The van der Waals surface area contributed by atoms with Gasteiger partial charge in [0, 0.05) is 41.3 Å². The average Bonchev–Trinajstić information content (AvgIpc) is 2.79. The first-order chi connectivity index (χ1) is 15.6. The van der Waals surface area contributed by atoms with Crippen LogP contribution in [0, 0.1) is 40.5 Å². The van der Waals surface area contributed by atoms with Crippen molar-refractivity contribution in [2.24, 2.45) is 0 Å². The molecule has 3 rings (SSSR count). The molecule has 1 aromatic heterocycles. The number of halogens is 1. The van der Waals surface area contributed by atoms with Crippen LogP contribution in [-0.2, 0) is 6.54 Å². The number of nitrogens with zero attached hydrogens (tertiary/aromatic N) is 5. The molecule has 0 fully saturated rings. The SMILES string of the molecule is CC[n+]1ccc(C(c2ccc([N+](=O)[O-])cc2[N+](=O)[O-])c2ccc([N+](=O)[O-])cc2[N+](=O)[O-])cc1.[Cl-]. The molecule has 0 spiro atoms. The number of benzene rings is 2. The number of nitro benzene ring substituents is 4. The van der Waals surface area contributed by atoms with Crippen molar-refractivity contribution in [1.29, 1.82) is 0 Å². The predicted molar refractivity (Wildman–Crippen MR) is 113 cm³/mol. The molecule has 0 atom stereocenters. The molecule has 3 aromatic rings. The summed E-state index contributed by atoms with van der Waals surface area (Å²) in [4.78, 5) is 42.7. The Morgan fingerprint density at radius 1 is 0.706 bits per heavy atom. The third-order valence-corrected chi connectivity index (χ3v) is 5.08. The Balaban J connectivity index is 0.00000408. The van der Waals surface area contributed by atoms with E-state index >= 15 is 0 Å². The van der Waals surface area contributed by atoms with Crippen molar-refractivity contribution in [3.8, 4) is 0 Å². The second-order valence-electron chi connectivity index (χ2n) is 6.91. The van der Waals surface area contributed by atoms with Crippen molar-refractivity contribution in [3.05, 3.63) is 118 Å². The van der Waals surface area contributed by atoms with Crippen LogP contribution in [0.3, 0.4) is 0 Å². The summed E-state index contributed by atoms with van der Waals surface area (Å²) in [5, 5.41) is 45.8. The first kappa shape index (κ1) is 25.7. The zero-order valence-corrected chi connectivity index (χ0v) is 18.2. The molecule has 0 saturated heterocycles. The molecular weight excluding hydrogens is 474 g/mol. The van der Waals surface area contributed by atoms with Gasteiger partial charge in [-0.3, -0.25) is 40.5 Å². The smallest absolute Gasteiger partial charge is 0.280 e. The summed E-state index contributed by atoms with van der Waals surface area (Å²) in [5.74, 6) is -1.10. The Morgan fingerprint density at radius 3 is 1.44 bits per heavy atom. The lowest BCUT2D eigenvalue weighted by Gasteiger charge is -2.18. The van der Waals surface area contributed by atoms with E-state index in [2.05, 4.69) is 0 Å². The minimum Gasteiger partial charge on any atom is -1.00 e. The summed E-state index contributed by atoms with van der Waals surface area (Å²) in [7, 11) is 0. The highest BCUT2D eigenvalue weighted by Gasteiger charge is 2.33. The van der Waals surface area contributed by atoms with E-state index in [1.54, 1.807) is 29.1 Å². The van der Waals surface area contributed by atoms with Crippen molar-refractivity contribution in [1.82, 2.24) is 0 Å². The third kappa shape index (κ3) is 5.10. The Bertz CT molecular complexity index is 1210. The highest BCUT2D eigenvalue weighted by molar-refractivity contribution is 5.61. The van der Waals surface area contributed by atoms with Crippen LogP contribution < -0.4 is 17.0 Å². The fraction of sp³-hybridized carbons (Fsp3) is 0.150. The maximum Gasteiger partial charge on any atom is 0.280 e. The second-order valence-corrected chi connectivity index (χ2v) is 6.91. The lowest BCUT2D eigenvalue weighted by atomic mass is 9.83. The molecular formula is C20H16ClN5O8. The fourth-order valence-electron chi connectivity index (χ4n) is 3.49.